The van der Waals surface area contributed by atoms with Gasteiger partial charge in [0.25, 0.3) is 0 Å². The van der Waals surface area contributed by atoms with Crippen LogP contribution in [0.1, 0.15) is 0 Å². The van der Waals surface area contributed by atoms with Crippen LogP contribution in [0, 0.1) is 0 Å². The molecule has 6 heteroatoms. The number of carbonyl (C=O) groups excluding carboxylic acids is 1. The maximum atomic E-state index is 11.6. The fourth-order valence-corrected chi connectivity index (χ4v) is 1.93. The topological polar surface area (TPSA) is 50.8 Å². The zero-order chi connectivity index (χ0) is 14.8. The molecule has 112 valence electrons. The Balaban J connectivity index is 2.16. The molecule has 0 bridgehead atoms. The third-order valence-corrected chi connectivity index (χ3v) is 3.07. The molecule has 0 aliphatic rings. The molecule has 1 rings (SSSR count). The minimum absolute atomic E-state index is 0.00740. The van der Waals surface area contributed by atoms with E-state index in [9.17, 15) is 4.79 Å². The number of ether oxygens (including phenoxy) is 2. The van der Waals surface area contributed by atoms with Crippen molar-refractivity contribution in [2.75, 3.05) is 47.0 Å². The molecule has 0 aliphatic carbocycles. The van der Waals surface area contributed by atoms with Crippen molar-refractivity contribution in [2.24, 2.45) is 0 Å². The van der Waals surface area contributed by atoms with Crippen LogP contribution in [0.5, 0.6) is 5.75 Å². The first-order valence-electron chi connectivity index (χ1n) is 6.44. The smallest absolute Gasteiger partial charge is 0.234 e. The molecule has 0 unspecified atom stereocenters. The number of amides is 1. The molecule has 5 nitrogen and oxygen atoms in total. The lowest BCUT2D eigenvalue weighted by molar-refractivity contribution is -0.122. The Morgan fingerprint density at radius 2 is 2.20 bits per heavy atom. The van der Waals surface area contributed by atoms with E-state index >= 15 is 0 Å². The Morgan fingerprint density at radius 1 is 1.40 bits per heavy atom. The van der Waals surface area contributed by atoms with E-state index in [-0.39, 0.29) is 5.91 Å². The third-order valence-electron chi connectivity index (χ3n) is 2.58. The van der Waals surface area contributed by atoms with Gasteiger partial charge in [-0.3, -0.25) is 9.69 Å². The summed E-state index contributed by atoms with van der Waals surface area (Å²) in [5.41, 5.74) is 0. The van der Waals surface area contributed by atoms with Gasteiger partial charge in [-0.05, 0) is 25.2 Å². The number of rotatable bonds is 9. The van der Waals surface area contributed by atoms with Crippen molar-refractivity contribution in [1.82, 2.24) is 10.2 Å². The Labute approximate surface area is 128 Å². The predicted molar refractivity (Wildman–Crippen MR) is 82.0 cm³/mol. The molecule has 20 heavy (non-hydrogen) atoms. The van der Waals surface area contributed by atoms with E-state index in [0.29, 0.717) is 32.8 Å². The van der Waals surface area contributed by atoms with Gasteiger partial charge in [-0.25, -0.2) is 0 Å². The van der Waals surface area contributed by atoms with Crippen LogP contribution in [-0.2, 0) is 9.53 Å². The second-order valence-electron chi connectivity index (χ2n) is 4.39. The van der Waals surface area contributed by atoms with Gasteiger partial charge >= 0.3 is 0 Å². The Bertz CT molecular complexity index is 415. The third kappa shape index (κ3) is 7.47. The van der Waals surface area contributed by atoms with Crippen LogP contribution in [0.3, 0.4) is 0 Å². The van der Waals surface area contributed by atoms with E-state index in [2.05, 4.69) is 21.2 Å². The standard InChI is InChI=1S/C14H21BrN2O3/c1-17(11-14(18)16-6-8-19-2)7-9-20-13-5-3-4-12(15)10-13/h3-5,10H,6-9,11H2,1-2H3,(H,16,18). The zero-order valence-corrected chi connectivity index (χ0v) is 13.5. The lowest BCUT2D eigenvalue weighted by Crippen LogP contribution is -2.38. The molecule has 0 saturated heterocycles. The molecule has 0 heterocycles. The fraction of sp³-hybridized carbons (Fsp3) is 0.500. The number of hydrogen-bond acceptors (Lipinski definition) is 4. The van der Waals surface area contributed by atoms with Crippen molar-refractivity contribution in [3.8, 4) is 5.75 Å². The monoisotopic (exact) mass is 344 g/mol. The molecular formula is C14H21BrN2O3. The largest absolute Gasteiger partial charge is 0.492 e. The van der Waals surface area contributed by atoms with Gasteiger partial charge in [-0.1, -0.05) is 22.0 Å². The van der Waals surface area contributed by atoms with Crippen molar-refractivity contribution < 1.29 is 14.3 Å². The van der Waals surface area contributed by atoms with Gasteiger partial charge in [0.2, 0.25) is 5.91 Å². The SMILES string of the molecule is COCCNC(=O)CN(C)CCOc1cccc(Br)c1. The van der Waals surface area contributed by atoms with E-state index in [1.54, 1.807) is 7.11 Å². The summed E-state index contributed by atoms with van der Waals surface area (Å²) in [4.78, 5) is 13.5. The summed E-state index contributed by atoms with van der Waals surface area (Å²) in [5.74, 6) is 0.810. The lowest BCUT2D eigenvalue weighted by Gasteiger charge is -2.16. The molecule has 1 amide bonds. The number of methoxy groups -OCH3 is 1. The minimum Gasteiger partial charge on any atom is -0.492 e. The average molecular weight is 345 g/mol. The predicted octanol–water partition coefficient (Wildman–Crippen LogP) is 1.52. The number of nitrogens with one attached hydrogen (secondary N) is 1. The van der Waals surface area contributed by atoms with E-state index < -0.39 is 0 Å². The highest BCUT2D eigenvalue weighted by Crippen LogP contribution is 2.17. The number of hydrogen-bond donors (Lipinski definition) is 1. The number of carbonyl (C=O) groups is 1. The summed E-state index contributed by atoms with van der Waals surface area (Å²) in [7, 11) is 3.50. The Morgan fingerprint density at radius 3 is 2.90 bits per heavy atom. The molecule has 1 aromatic carbocycles. The molecule has 0 spiro atoms. The van der Waals surface area contributed by atoms with Gasteiger partial charge in [0.15, 0.2) is 0 Å². The quantitative estimate of drug-likeness (QED) is 0.690. The minimum atomic E-state index is -0.00740. The van der Waals surface area contributed by atoms with Crippen molar-refractivity contribution in [1.29, 1.82) is 0 Å². The first-order chi connectivity index (χ1) is 9.61. The van der Waals surface area contributed by atoms with Crippen LogP contribution >= 0.6 is 15.9 Å². The Kier molecular flexibility index (Phi) is 8.25. The highest BCUT2D eigenvalue weighted by Gasteiger charge is 2.06. The van der Waals surface area contributed by atoms with Crippen molar-refractivity contribution in [2.45, 2.75) is 0 Å². The van der Waals surface area contributed by atoms with Crippen LogP contribution in [0.4, 0.5) is 0 Å². The van der Waals surface area contributed by atoms with Crippen LogP contribution in [-0.4, -0.2) is 57.8 Å². The van der Waals surface area contributed by atoms with E-state index in [0.717, 1.165) is 10.2 Å². The van der Waals surface area contributed by atoms with E-state index in [1.165, 1.54) is 0 Å². The van der Waals surface area contributed by atoms with Gasteiger partial charge < -0.3 is 14.8 Å². The number of likely N-dealkylation sites (N-methyl/N-ethyl adjacent to an activating group) is 1. The Hall–Kier alpha value is -1.11. The highest BCUT2D eigenvalue weighted by atomic mass is 79.9. The summed E-state index contributed by atoms with van der Waals surface area (Å²) in [6, 6.07) is 7.69. The average Bonchev–Trinajstić information content (AvgIpc) is 2.39. The second kappa shape index (κ2) is 9.74. The van der Waals surface area contributed by atoms with Gasteiger partial charge in [0.05, 0.1) is 13.2 Å². The summed E-state index contributed by atoms with van der Waals surface area (Å²) in [6.45, 7) is 2.65. The molecule has 0 aromatic heterocycles. The van der Waals surface area contributed by atoms with Crippen LogP contribution in [0.2, 0.25) is 0 Å². The summed E-state index contributed by atoms with van der Waals surface area (Å²) < 4.78 is 11.5. The summed E-state index contributed by atoms with van der Waals surface area (Å²) in [5, 5.41) is 2.78. The number of nitrogens with zero attached hydrogens (tertiary/aromatic N) is 1. The van der Waals surface area contributed by atoms with E-state index in [4.69, 9.17) is 9.47 Å². The van der Waals surface area contributed by atoms with Crippen LogP contribution in [0.25, 0.3) is 0 Å². The van der Waals surface area contributed by atoms with E-state index in [1.807, 2.05) is 36.2 Å². The lowest BCUT2D eigenvalue weighted by atomic mass is 10.3. The zero-order valence-electron chi connectivity index (χ0n) is 11.9. The van der Waals surface area contributed by atoms with Crippen molar-refractivity contribution >= 4 is 21.8 Å². The molecule has 0 atom stereocenters. The van der Waals surface area contributed by atoms with Gasteiger partial charge in [0.1, 0.15) is 12.4 Å². The van der Waals surface area contributed by atoms with Gasteiger partial charge in [0, 0.05) is 24.7 Å². The first-order valence-corrected chi connectivity index (χ1v) is 7.23. The van der Waals surface area contributed by atoms with Gasteiger partial charge in [-0.15, -0.1) is 0 Å². The van der Waals surface area contributed by atoms with Crippen LogP contribution < -0.4 is 10.1 Å². The highest BCUT2D eigenvalue weighted by molar-refractivity contribution is 9.10. The molecule has 0 fully saturated rings. The molecule has 0 radical (unpaired) electrons. The first kappa shape index (κ1) is 16.9. The maximum Gasteiger partial charge on any atom is 0.234 e. The maximum absolute atomic E-state index is 11.6. The molecular weight excluding hydrogens is 324 g/mol. The van der Waals surface area contributed by atoms with Crippen molar-refractivity contribution in [3.05, 3.63) is 28.7 Å². The molecule has 0 saturated carbocycles. The second-order valence-corrected chi connectivity index (χ2v) is 5.30. The summed E-state index contributed by atoms with van der Waals surface area (Å²) in [6.07, 6.45) is 0. The normalized spacial score (nSPS) is 10.6. The van der Waals surface area contributed by atoms with Crippen LogP contribution in [0.15, 0.2) is 28.7 Å². The molecule has 1 N–H and O–H groups in total. The fourth-order valence-electron chi connectivity index (χ4n) is 1.55. The van der Waals surface area contributed by atoms with Gasteiger partial charge in [-0.2, -0.15) is 0 Å². The van der Waals surface area contributed by atoms with Crippen molar-refractivity contribution in [3.63, 3.8) is 0 Å². The molecule has 0 aliphatic heterocycles. The number of benzene rings is 1. The molecule has 1 aromatic rings. The summed E-state index contributed by atoms with van der Waals surface area (Å²) >= 11 is 3.39. The number of halogens is 1.